The van der Waals surface area contributed by atoms with Gasteiger partial charge in [-0.05, 0) is 24.3 Å². The average molecular weight is 406 g/mol. The molecule has 0 unspecified atom stereocenters. The smallest absolute Gasteiger partial charge is 0.254 e. The van der Waals surface area contributed by atoms with Gasteiger partial charge in [-0.2, -0.15) is 0 Å². The molecule has 0 radical (unpaired) electrons. The minimum atomic E-state index is -0.511. The third-order valence-corrected chi connectivity index (χ3v) is 5.83. The van der Waals surface area contributed by atoms with Gasteiger partial charge >= 0.3 is 0 Å². The van der Waals surface area contributed by atoms with Crippen LogP contribution in [0.5, 0.6) is 0 Å². The average Bonchev–Trinajstić information content (AvgIpc) is 3.40. The lowest BCUT2D eigenvalue weighted by Gasteiger charge is -2.26. The van der Waals surface area contributed by atoms with Gasteiger partial charge in [0.25, 0.3) is 11.8 Å². The van der Waals surface area contributed by atoms with Gasteiger partial charge in [0, 0.05) is 45.9 Å². The van der Waals surface area contributed by atoms with E-state index < -0.39 is 5.91 Å². The number of morpholine rings is 1. The van der Waals surface area contributed by atoms with Crippen molar-refractivity contribution in [2.24, 2.45) is 5.73 Å². The van der Waals surface area contributed by atoms with Crippen molar-refractivity contribution in [3.8, 4) is 11.3 Å². The van der Waals surface area contributed by atoms with Crippen LogP contribution in [-0.2, 0) is 4.74 Å². The Morgan fingerprint density at radius 2 is 1.97 bits per heavy atom. The first-order valence-electron chi connectivity index (χ1n) is 9.26. The van der Waals surface area contributed by atoms with E-state index in [4.69, 9.17) is 10.5 Å². The second kappa shape index (κ2) is 6.98. The molecule has 7 nitrogen and oxygen atoms in total. The van der Waals surface area contributed by atoms with E-state index in [9.17, 15) is 9.59 Å². The number of carbonyl (C=O) groups excluding carboxylic acids is 2. The molecule has 2 aromatic carbocycles. The number of amides is 2. The predicted molar refractivity (Wildman–Crippen MR) is 112 cm³/mol. The number of hydrogen-bond acceptors (Lipinski definition) is 5. The van der Waals surface area contributed by atoms with Crippen molar-refractivity contribution < 1.29 is 14.3 Å². The molecule has 1 saturated heterocycles. The van der Waals surface area contributed by atoms with Gasteiger partial charge in [-0.15, -0.1) is 11.3 Å². The summed E-state index contributed by atoms with van der Waals surface area (Å²) in [5.74, 6) is -0.532. The fraction of sp³-hybridized carbons (Fsp3) is 0.190. The summed E-state index contributed by atoms with van der Waals surface area (Å²) >= 11 is 1.49. The number of carbonyl (C=O) groups is 2. The van der Waals surface area contributed by atoms with Crippen LogP contribution in [-0.4, -0.2) is 53.0 Å². The van der Waals surface area contributed by atoms with E-state index in [2.05, 4.69) is 9.97 Å². The Kier molecular flexibility index (Phi) is 4.30. The van der Waals surface area contributed by atoms with E-state index in [1.54, 1.807) is 16.5 Å². The van der Waals surface area contributed by atoms with Crippen LogP contribution in [0.3, 0.4) is 0 Å². The number of H-pyrrole nitrogens is 1. The highest BCUT2D eigenvalue weighted by Gasteiger charge is 2.20. The molecule has 0 spiro atoms. The molecule has 3 heterocycles. The molecule has 0 saturated carbocycles. The first-order chi connectivity index (χ1) is 14.1. The summed E-state index contributed by atoms with van der Waals surface area (Å²) in [7, 11) is 0. The number of ether oxygens (including phenoxy) is 1. The number of hydrogen-bond donors (Lipinski definition) is 2. The number of rotatable bonds is 3. The number of nitrogens with zero attached hydrogens (tertiary/aromatic N) is 2. The van der Waals surface area contributed by atoms with E-state index in [0.717, 1.165) is 27.5 Å². The Morgan fingerprint density at radius 3 is 2.69 bits per heavy atom. The van der Waals surface area contributed by atoms with Gasteiger partial charge in [0.05, 0.1) is 35.5 Å². The van der Waals surface area contributed by atoms with Gasteiger partial charge in [0.15, 0.2) is 0 Å². The molecule has 1 aliphatic heterocycles. The zero-order valence-electron chi connectivity index (χ0n) is 15.5. The van der Waals surface area contributed by atoms with Crippen molar-refractivity contribution in [1.82, 2.24) is 14.9 Å². The molecule has 5 rings (SSSR count). The molecule has 8 heteroatoms. The van der Waals surface area contributed by atoms with Crippen molar-refractivity contribution in [3.63, 3.8) is 0 Å². The summed E-state index contributed by atoms with van der Waals surface area (Å²) in [6.07, 6.45) is 0. The minimum absolute atomic E-state index is 0.0212. The molecule has 2 amide bonds. The largest absolute Gasteiger partial charge is 0.378 e. The van der Waals surface area contributed by atoms with Crippen molar-refractivity contribution >= 4 is 45.0 Å². The third-order valence-electron chi connectivity index (χ3n) is 5.25. The number of primary amides is 1. The summed E-state index contributed by atoms with van der Waals surface area (Å²) in [6, 6.07) is 9.33. The molecule has 0 aliphatic carbocycles. The molecular weight excluding hydrogens is 388 g/mol. The lowest BCUT2D eigenvalue weighted by Crippen LogP contribution is -2.40. The first-order valence-corrected chi connectivity index (χ1v) is 10.2. The summed E-state index contributed by atoms with van der Waals surface area (Å²) in [5, 5.41) is 3.74. The number of fused-ring (bicyclic) bond motifs is 3. The van der Waals surface area contributed by atoms with Gasteiger partial charge in [-0.3, -0.25) is 9.59 Å². The van der Waals surface area contributed by atoms with Crippen LogP contribution in [0.25, 0.3) is 33.1 Å². The molecule has 0 bridgehead atoms. The maximum Gasteiger partial charge on any atom is 0.254 e. The standard InChI is InChI=1S/C21H18N4O3S/c22-20(26)16-8-13(18-10-29-11-23-18)7-15-14-2-1-12(9-17(14)24-19(15)16)21(27)25-3-5-28-6-4-25/h1-2,7-11,24H,3-6H2,(H2,22,26). The Balaban J connectivity index is 1.65. The topological polar surface area (TPSA) is 101 Å². The highest BCUT2D eigenvalue weighted by atomic mass is 32.1. The van der Waals surface area contributed by atoms with Crippen LogP contribution < -0.4 is 5.73 Å². The van der Waals surface area contributed by atoms with Gasteiger partial charge in [-0.25, -0.2) is 4.98 Å². The molecule has 3 N–H and O–H groups in total. The van der Waals surface area contributed by atoms with E-state index in [1.165, 1.54) is 11.3 Å². The fourth-order valence-corrected chi connectivity index (χ4v) is 4.35. The van der Waals surface area contributed by atoms with Gasteiger partial charge in [0.1, 0.15) is 0 Å². The Hall–Kier alpha value is -3.23. The number of benzene rings is 2. The Labute approximate surface area is 170 Å². The van der Waals surface area contributed by atoms with E-state index >= 15 is 0 Å². The van der Waals surface area contributed by atoms with Crippen LogP contribution in [0.2, 0.25) is 0 Å². The monoisotopic (exact) mass is 406 g/mol. The molecule has 1 aliphatic rings. The Morgan fingerprint density at radius 1 is 1.14 bits per heavy atom. The second-order valence-electron chi connectivity index (χ2n) is 6.97. The molecule has 4 aromatic rings. The Bertz CT molecular complexity index is 1240. The van der Waals surface area contributed by atoms with Crippen molar-refractivity contribution in [3.05, 3.63) is 52.3 Å². The lowest BCUT2D eigenvalue weighted by atomic mass is 10.0. The number of nitrogens with one attached hydrogen (secondary N) is 1. The molecule has 29 heavy (non-hydrogen) atoms. The summed E-state index contributed by atoms with van der Waals surface area (Å²) in [6.45, 7) is 2.29. The third kappa shape index (κ3) is 3.06. The van der Waals surface area contributed by atoms with E-state index in [-0.39, 0.29) is 5.91 Å². The normalized spacial score (nSPS) is 14.6. The summed E-state index contributed by atoms with van der Waals surface area (Å²) < 4.78 is 5.33. The number of aromatic nitrogens is 2. The van der Waals surface area contributed by atoms with Crippen LogP contribution >= 0.6 is 11.3 Å². The molecule has 0 atom stereocenters. The predicted octanol–water partition coefficient (Wildman–Crippen LogP) is 3.02. The summed E-state index contributed by atoms with van der Waals surface area (Å²) in [4.78, 5) is 34.3. The molecule has 2 aromatic heterocycles. The first kappa shape index (κ1) is 17.8. The van der Waals surface area contributed by atoms with E-state index in [0.29, 0.717) is 42.9 Å². The van der Waals surface area contributed by atoms with Crippen molar-refractivity contribution in [2.45, 2.75) is 0 Å². The minimum Gasteiger partial charge on any atom is -0.378 e. The van der Waals surface area contributed by atoms with Crippen LogP contribution in [0.1, 0.15) is 20.7 Å². The van der Waals surface area contributed by atoms with Crippen LogP contribution in [0, 0.1) is 0 Å². The number of nitrogens with two attached hydrogens (primary N) is 1. The van der Waals surface area contributed by atoms with Gasteiger partial charge < -0.3 is 20.4 Å². The van der Waals surface area contributed by atoms with Crippen molar-refractivity contribution in [1.29, 1.82) is 0 Å². The SMILES string of the molecule is NC(=O)c1cc(-c2cscn2)cc2c1[nH]c1cc(C(=O)N3CCOCC3)ccc12. The maximum atomic E-state index is 12.8. The number of thiazole rings is 1. The molecule has 146 valence electrons. The zero-order valence-corrected chi connectivity index (χ0v) is 16.3. The zero-order chi connectivity index (χ0) is 20.0. The fourth-order valence-electron chi connectivity index (χ4n) is 3.79. The van der Waals surface area contributed by atoms with E-state index in [1.807, 2.05) is 29.6 Å². The van der Waals surface area contributed by atoms with Crippen molar-refractivity contribution in [2.75, 3.05) is 26.3 Å². The van der Waals surface area contributed by atoms with Gasteiger partial charge in [-0.1, -0.05) is 6.07 Å². The second-order valence-corrected chi connectivity index (χ2v) is 7.69. The summed E-state index contributed by atoms with van der Waals surface area (Å²) in [5.41, 5.74) is 11.5. The van der Waals surface area contributed by atoms with Gasteiger partial charge in [0.2, 0.25) is 0 Å². The quantitative estimate of drug-likeness (QED) is 0.546. The molecular formula is C21H18N4O3S. The highest BCUT2D eigenvalue weighted by Crippen LogP contribution is 2.33. The molecule has 1 fully saturated rings. The van der Waals surface area contributed by atoms with Crippen LogP contribution in [0.15, 0.2) is 41.2 Å². The van der Waals surface area contributed by atoms with Crippen LogP contribution in [0.4, 0.5) is 0 Å². The maximum absolute atomic E-state index is 12.8. The lowest BCUT2D eigenvalue weighted by molar-refractivity contribution is 0.0303. The number of aromatic amines is 1. The highest BCUT2D eigenvalue weighted by molar-refractivity contribution is 7.07.